The standard InChI is InChI=1S/C18H20BrN5O2/c1-21-15-14(16(25)22(2)18(21)26)24-10-6-5-9-23(17(24)20-15)11-12-7-3-4-8-13(12)19/h3-4,7-8H,5-6,9-11H2,1-2H3. The Morgan fingerprint density at radius 3 is 2.58 bits per heavy atom. The third-order valence-electron chi connectivity index (χ3n) is 4.99. The molecule has 136 valence electrons. The Kier molecular flexibility index (Phi) is 4.22. The van der Waals surface area contributed by atoms with Gasteiger partial charge in [-0.05, 0) is 24.5 Å². The number of hydrogen-bond donors (Lipinski definition) is 0. The van der Waals surface area contributed by atoms with E-state index in [2.05, 4.69) is 26.9 Å². The molecule has 0 aliphatic carbocycles. The number of hydrogen-bond acceptors (Lipinski definition) is 4. The average molecular weight is 418 g/mol. The monoisotopic (exact) mass is 417 g/mol. The van der Waals surface area contributed by atoms with Gasteiger partial charge in [0, 0.05) is 38.2 Å². The summed E-state index contributed by atoms with van der Waals surface area (Å²) in [6.45, 7) is 2.28. The molecule has 0 unspecified atom stereocenters. The minimum atomic E-state index is -0.354. The molecule has 0 atom stereocenters. The molecule has 0 saturated carbocycles. The van der Waals surface area contributed by atoms with Crippen molar-refractivity contribution in [2.75, 3.05) is 11.4 Å². The van der Waals surface area contributed by atoms with Gasteiger partial charge >= 0.3 is 5.69 Å². The predicted molar refractivity (Wildman–Crippen MR) is 105 cm³/mol. The molecule has 7 nitrogen and oxygen atoms in total. The Labute approximate surface area is 158 Å². The summed E-state index contributed by atoms with van der Waals surface area (Å²) in [4.78, 5) is 31.9. The van der Waals surface area contributed by atoms with Gasteiger partial charge in [0.1, 0.15) is 0 Å². The van der Waals surface area contributed by atoms with E-state index in [9.17, 15) is 9.59 Å². The molecule has 8 heteroatoms. The van der Waals surface area contributed by atoms with E-state index in [1.54, 1.807) is 7.05 Å². The third kappa shape index (κ3) is 2.59. The summed E-state index contributed by atoms with van der Waals surface area (Å²) in [6.07, 6.45) is 2.00. The van der Waals surface area contributed by atoms with Crippen molar-refractivity contribution in [1.29, 1.82) is 0 Å². The zero-order valence-corrected chi connectivity index (χ0v) is 16.4. The number of aromatic nitrogens is 4. The molecule has 26 heavy (non-hydrogen) atoms. The van der Waals surface area contributed by atoms with E-state index in [1.165, 1.54) is 11.6 Å². The van der Waals surface area contributed by atoms with E-state index in [0.717, 1.165) is 46.5 Å². The number of fused-ring (bicyclic) bond motifs is 3. The number of benzene rings is 1. The van der Waals surface area contributed by atoms with Gasteiger partial charge in [-0.15, -0.1) is 0 Å². The van der Waals surface area contributed by atoms with Crippen molar-refractivity contribution in [2.45, 2.75) is 25.9 Å². The summed E-state index contributed by atoms with van der Waals surface area (Å²) >= 11 is 3.61. The van der Waals surface area contributed by atoms with Gasteiger partial charge in [0.05, 0.1) is 0 Å². The second-order valence-corrected chi connectivity index (χ2v) is 7.52. The van der Waals surface area contributed by atoms with Gasteiger partial charge < -0.3 is 9.47 Å². The molecule has 4 rings (SSSR count). The lowest BCUT2D eigenvalue weighted by Gasteiger charge is -2.22. The fraction of sp³-hybridized carbons (Fsp3) is 0.389. The highest BCUT2D eigenvalue weighted by Crippen LogP contribution is 2.27. The van der Waals surface area contributed by atoms with Gasteiger partial charge in [0.15, 0.2) is 11.2 Å². The number of halogens is 1. The first-order chi connectivity index (χ1) is 12.5. The smallest absolute Gasteiger partial charge is 0.332 e. The molecule has 0 amide bonds. The minimum absolute atomic E-state index is 0.287. The highest BCUT2D eigenvalue weighted by molar-refractivity contribution is 9.10. The summed E-state index contributed by atoms with van der Waals surface area (Å²) in [5.41, 5.74) is 1.48. The quantitative estimate of drug-likeness (QED) is 0.639. The first-order valence-corrected chi connectivity index (χ1v) is 9.43. The Bertz CT molecular complexity index is 1110. The molecular formula is C18H20BrN5O2. The lowest BCUT2D eigenvalue weighted by Crippen LogP contribution is -2.37. The summed E-state index contributed by atoms with van der Waals surface area (Å²) in [5, 5.41) is 0. The molecule has 3 heterocycles. The van der Waals surface area contributed by atoms with Crippen LogP contribution in [-0.4, -0.2) is 25.2 Å². The Balaban J connectivity index is 1.91. The van der Waals surface area contributed by atoms with Crippen molar-refractivity contribution in [3.05, 3.63) is 55.1 Å². The molecule has 1 aliphatic rings. The predicted octanol–water partition coefficient (Wildman–Crippen LogP) is 2.00. The SMILES string of the molecule is Cn1c(=O)c2c(nc3n2CCCCN3Cc2ccccc2Br)n(C)c1=O. The topological polar surface area (TPSA) is 65.1 Å². The van der Waals surface area contributed by atoms with Crippen molar-refractivity contribution < 1.29 is 0 Å². The van der Waals surface area contributed by atoms with E-state index in [-0.39, 0.29) is 11.2 Å². The molecule has 3 aromatic rings. The van der Waals surface area contributed by atoms with Crippen LogP contribution in [0.15, 0.2) is 38.3 Å². The van der Waals surface area contributed by atoms with Crippen LogP contribution in [0, 0.1) is 0 Å². The summed E-state index contributed by atoms with van der Waals surface area (Å²) in [5.74, 6) is 0.756. The Hall–Kier alpha value is -2.35. The zero-order valence-electron chi connectivity index (χ0n) is 14.8. The minimum Gasteiger partial charge on any atom is -0.338 e. The van der Waals surface area contributed by atoms with Crippen LogP contribution in [-0.2, 0) is 27.2 Å². The maximum Gasteiger partial charge on any atom is 0.332 e. The Morgan fingerprint density at radius 1 is 1.08 bits per heavy atom. The van der Waals surface area contributed by atoms with Crippen LogP contribution in [0.3, 0.4) is 0 Å². The Morgan fingerprint density at radius 2 is 1.81 bits per heavy atom. The van der Waals surface area contributed by atoms with Gasteiger partial charge in [0.2, 0.25) is 5.95 Å². The van der Waals surface area contributed by atoms with E-state index in [4.69, 9.17) is 4.98 Å². The summed E-state index contributed by atoms with van der Waals surface area (Å²) in [6, 6.07) is 8.11. The molecule has 2 aromatic heterocycles. The van der Waals surface area contributed by atoms with E-state index >= 15 is 0 Å². The maximum absolute atomic E-state index is 12.7. The molecule has 1 aliphatic heterocycles. The fourth-order valence-corrected chi connectivity index (χ4v) is 3.95. The number of nitrogens with zero attached hydrogens (tertiary/aromatic N) is 5. The van der Waals surface area contributed by atoms with E-state index in [0.29, 0.717) is 17.7 Å². The lowest BCUT2D eigenvalue weighted by atomic mass is 10.2. The summed E-state index contributed by atoms with van der Waals surface area (Å²) in [7, 11) is 3.18. The van der Waals surface area contributed by atoms with Crippen LogP contribution in [0.4, 0.5) is 5.95 Å². The first kappa shape index (κ1) is 17.1. The van der Waals surface area contributed by atoms with Gasteiger partial charge in [-0.1, -0.05) is 34.1 Å². The molecule has 0 radical (unpaired) electrons. The maximum atomic E-state index is 12.7. The van der Waals surface area contributed by atoms with Crippen LogP contribution in [0.5, 0.6) is 0 Å². The largest absolute Gasteiger partial charge is 0.338 e. The van der Waals surface area contributed by atoms with Crippen LogP contribution < -0.4 is 16.1 Å². The number of aryl methyl sites for hydroxylation is 2. The lowest BCUT2D eigenvalue weighted by molar-refractivity contribution is 0.654. The fourth-order valence-electron chi connectivity index (χ4n) is 3.54. The van der Waals surface area contributed by atoms with Crippen LogP contribution in [0.2, 0.25) is 0 Å². The second kappa shape index (κ2) is 6.42. The number of anilines is 1. The van der Waals surface area contributed by atoms with Crippen molar-refractivity contribution in [3.8, 4) is 0 Å². The van der Waals surface area contributed by atoms with Gasteiger partial charge in [-0.2, -0.15) is 4.98 Å². The van der Waals surface area contributed by atoms with Crippen LogP contribution >= 0.6 is 15.9 Å². The second-order valence-electron chi connectivity index (χ2n) is 6.66. The number of imidazole rings is 1. The molecule has 1 aromatic carbocycles. The van der Waals surface area contributed by atoms with E-state index in [1.807, 2.05) is 22.8 Å². The molecule has 0 saturated heterocycles. The van der Waals surface area contributed by atoms with Crippen LogP contribution in [0.25, 0.3) is 11.2 Å². The summed E-state index contributed by atoms with van der Waals surface area (Å²) < 4.78 is 5.63. The first-order valence-electron chi connectivity index (χ1n) is 8.63. The normalized spacial score (nSPS) is 14.5. The molecular weight excluding hydrogens is 398 g/mol. The van der Waals surface area contributed by atoms with Gasteiger partial charge in [-0.25, -0.2) is 4.79 Å². The van der Waals surface area contributed by atoms with Crippen LogP contribution in [0.1, 0.15) is 18.4 Å². The third-order valence-corrected chi connectivity index (χ3v) is 5.76. The number of rotatable bonds is 2. The zero-order chi connectivity index (χ0) is 18.4. The van der Waals surface area contributed by atoms with Crippen molar-refractivity contribution in [3.63, 3.8) is 0 Å². The van der Waals surface area contributed by atoms with Gasteiger partial charge in [0.25, 0.3) is 5.56 Å². The highest BCUT2D eigenvalue weighted by atomic mass is 79.9. The molecule has 0 spiro atoms. The molecule has 0 N–H and O–H groups in total. The highest BCUT2D eigenvalue weighted by Gasteiger charge is 2.24. The molecule has 0 fully saturated rings. The van der Waals surface area contributed by atoms with Gasteiger partial charge in [-0.3, -0.25) is 13.9 Å². The van der Waals surface area contributed by atoms with Crippen molar-refractivity contribution in [1.82, 2.24) is 18.7 Å². The van der Waals surface area contributed by atoms with Crippen molar-refractivity contribution >= 4 is 33.0 Å². The molecule has 0 bridgehead atoms. The average Bonchev–Trinajstić information content (AvgIpc) is 2.91. The van der Waals surface area contributed by atoms with E-state index < -0.39 is 0 Å². The van der Waals surface area contributed by atoms with Crippen molar-refractivity contribution in [2.24, 2.45) is 14.1 Å².